The topological polar surface area (TPSA) is 29.9 Å². The molecule has 0 aliphatic heterocycles. The maximum absolute atomic E-state index is 11.8. The molecule has 1 N–H and O–H groups in total. The monoisotopic (exact) mass is 203 g/mol. The summed E-state index contributed by atoms with van der Waals surface area (Å²) in [5, 5.41) is 6.77. The van der Waals surface area contributed by atoms with E-state index in [2.05, 4.69) is 17.3 Å². The first kappa shape index (κ1) is 11.1. The van der Waals surface area contributed by atoms with Crippen LogP contribution in [-0.4, -0.2) is 22.8 Å². The molecule has 1 aromatic heterocycles. The molecule has 14 heavy (non-hydrogen) atoms. The molecule has 1 aromatic rings. The van der Waals surface area contributed by atoms with E-state index in [1.807, 2.05) is 10.7 Å². The zero-order valence-corrected chi connectivity index (χ0v) is 8.21. The van der Waals surface area contributed by atoms with Crippen LogP contribution in [0.15, 0.2) is 12.3 Å². The van der Waals surface area contributed by atoms with Gasteiger partial charge in [-0.15, -0.1) is 0 Å². The first-order valence-electron chi connectivity index (χ1n) is 4.73. The summed E-state index contributed by atoms with van der Waals surface area (Å²) in [6, 6.07) is 1.84. The summed E-state index contributed by atoms with van der Waals surface area (Å²) in [7, 11) is 0. The van der Waals surface area contributed by atoms with Crippen molar-refractivity contribution in [2.24, 2.45) is 0 Å². The van der Waals surface area contributed by atoms with Crippen molar-refractivity contribution in [2.45, 2.75) is 32.9 Å². The van der Waals surface area contributed by atoms with Gasteiger partial charge >= 0.3 is 0 Å². The van der Waals surface area contributed by atoms with Crippen molar-refractivity contribution < 1.29 is 8.78 Å². The van der Waals surface area contributed by atoms with Crippen LogP contribution in [0.2, 0.25) is 0 Å². The van der Waals surface area contributed by atoms with Gasteiger partial charge in [0.05, 0.1) is 12.2 Å². The highest BCUT2D eigenvalue weighted by molar-refractivity contribution is 4.99. The van der Waals surface area contributed by atoms with Crippen molar-refractivity contribution in [2.75, 3.05) is 6.54 Å². The number of hydrogen-bond acceptors (Lipinski definition) is 2. The van der Waals surface area contributed by atoms with E-state index >= 15 is 0 Å². The molecule has 1 heterocycles. The minimum Gasteiger partial charge on any atom is -0.306 e. The van der Waals surface area contributed by atoms with Gasteiger partial charge in [0.2, 0.25) is 0 Å². The van der Waals surface area contributed by atoms with Crippen molar-refractivity contribution >= 4 is 0 Å². The Bertz CT molecular complexity index is 260. The van der Waals surface area contributed by atoms with E-state index in [0.29, 0.717) is 6.54 Å². The van der Waals surface area contributed by atoms with Crippen molar-refractivity contribution in [3.63, 3.8) is 0 Å². The fourth-order valence-corrected chi connectivity index (χ4v) is 1.23. The van der Waals surface area contributed by atoms with Crippen molar-refractivity contribution in [1.29, 1.82) is 0 Å². The Morgan fingerprint density at radius 2 is 2.36 bits per heavy atom. The summed E-state index contributed by atoms with van der Waals surface area (Å²) >= 11 is 0. The fourth-order valence-electron chi connectivity index (χ4n) is 1.23. The molecule has 5 heteroatoms. The quantitative estimate of drug-likeness (QED) is 0.761. The van der Waals surface area contributed by atoms with Crippen molar-refractivity contribution in [3.8, 4) is 0 Å². The number of hydrogen-bond donors (Lipinski definition) is 1. The maximum Gasteiger partial charge on any atom is 0.250 e. The lowest BCUT2D eigenvalue weighted by Crippen LogP contribution is -2.22. The standard InChI is InChI=1S/C9H15F2N3/c1-2-5-14-8(3-4-13-14)6-12-7-9(10)11/h3-4,9,12H,2,5-7H2,1H3. The molecule has 0 amide bonds. The van der Waals surface area contributed by atoms with Gasteiger partial charge in [0.15, 0.2) is 0 Å². The van der Waals surface area contributed by atoms with Crippen LogP contribution in [0.4, 0.5) is 8.78 Å². The van der Waals surface area contributed by atoms with E-state index in [4.69, 9.17) is 0 Å². The maximum atomic E-state index is 11.8. The van der Waals surface area contributed by atoms with Gasteiger partial charge in [0, 0.05) is 19.3 Å². The van der Waals surface area contributed by atoms with Gasteiger partial charge in [-0.1, -0.05) is 6.92 Å². The molecule has 0 aromatic carbocycles. The summed E-state index contributed by atoms with van der Waals surface area (Å²) in [5.41, 5.74) is 0.951. The number of rotatable bonds is 6. The number of halogens is 2. The molecular weight excluding hydrogens is 188 g/mol. The molecule has 0 fully saturated rings. The van der Waals surface area contributed by atoms with Gasteiger partial charge in [0.25, 0.3) is 6.43 Å². The Kier molecular flexibility index (Phi) is 4.52. The van der Waals surface area contributed by atoms with Gasteiger partial charge in [-0.3, -0.25) is 4.68 Å². The lowest BCUT2D eigenvalue weighted by atomic mass is 10.4. The summed E-state index contributed by atoms with van der Waals surface area (Å²) in [6.07, 6.45) is 0.385. The summed E-state index contributed by atoms with van der Waals surface area (Å²) in [5.74, 6) is 0. The lowest BCUT2D eigenvalue weighted by Gasteiger charge is -2.06. The predicted octanol–water partition coefficient (Wildman–Crippen LogP) is 1.65. The minimum absolute atomic E-state index is 0.267. The molecule has 0 bridgehead atoms. The number of aryl methyl sites for hydroxylation is 1. The second kappa shape index (κ2) is 5.70. The Morgan fingerprint density at radius 3 is 3.00 bits per heavy atom. The van der Waals surface area contributed by atoms with Crippen molar-refractivity contribution in [3.05, 3.63) is 18.0 Å². The van der Waals surface area contributed by atoms with E-state index in [-0.39, 0.29) is 6.54 Å². The molecule has 0 unspecified atom stereocenters. The van der Waals surface area contributed by atoms with Crippen molar-refractivity contribution in [1.82, 2.24) is 15.1 Å². The second-order valence-corrected chi connectivity index (χ2v) is 3.07. The van der Waals surface area contributed by atoms with Gasteiger partial charge in [-0.25, -0.2) is 8.78 Å². The van der Waals surface area contributed by atoms with Crippen LogP contribution in [0.3, 0.4) is 0 Å². The zero-order chi connectivity index (χ0) is 10.4. The second-order valence-electron chi connectivity index (χ2n) is 3.07. The number of nitrogens with one attached hydrogen (secondary N) is 1. The molecule has 0 aliphatic rings. The summed E-state index contributed by atoms with van der Waals surface area (Å²) in [4.78, 5) is 0. The molecule has 0 saturated carbocycles. The van der Waals surface area contributed by atoms with Gasteiger partial charge < -0.3 is 5.32 Å². The highest BCUT2D eigenvalue weighted by Gasteiger charge is 2.04. The summed E-state index contributed by atoms with van der Waals surface area (Å²) in [6.45, 7) is 3.07. The molecule has 0 radical (unpaired) electrons. The fraction of sp³-hybridized carbons (Fsp3) is 0.667. The third kappa shape index (κ3) is 3.41. The Balaban J connectivity index is 2.37. The average Bonchev–Trinajstić information content (AvgIpc) is 2.53. The highest BCUT2D eigenvalue weighted by atomic mass is 19.3. The van der Waals surface area contributed by atoms with E-state index in [1.165, 1.54) is 0 Å². The molecule has 0 atom stereocenters. The van der Waals surface area contributed by atoms with Crippen LogP contribution >= 0.6 is 0 Å². The lowest BCUT2D eigenvalue weighted by molar-refractivity contribution is 0.145. The van der Waals surface area contributed by atoms with Gasteiger partial charge in [-0.05, 0) is 12.5 Å². The van der Waals surface area contributed by atoms with Gasteiger partial charge in [0.1, 0.15) is 0 Å². The normalized spacial score (nSPS) is 11.1. The van der Waals surface area contributed by atoms with Crippen LogP contribution in [0, 0.1) is 0 Å². The third-order valence-electron chi connectivity index (χ3n) is 1.84. The Morgan fingerprint density at radius 1 is 1.57 bits per heavy atom. The van der Waals surface area contributed by atoms with Gasteiger partial charge in [-0.2, -0.15) is 5.10 Å². The largest absolute Gasteiger partial charge is 0.306 e. The highest BCUT2D eigenvalue weighted by Crippen LogP contribution is 2.00. The molecule has 0 spiro atoms. The third-order valence-corrected chi connectivity index (χ3v) is 1.84. The zero-order valence-electron chi connectivity index (χ0n) is 8.21. The first-order chi connectivity index (χ1) is 6.74. The molecule has 0 saturated heterocycles. The van der Waals surface area contributed by atoms with E-state index in [9.17, 15) is 8.78 Å². The van der Waals surface area contributed by atoms with E-state index in [1.54, 1.807) is 6.20 Å². The van der Waals surface area contributed by atoms with Crippen LogP contribution in [0.1, 0.15) is 19.0 Å². The van der Waals surface area contributed by atoms with Crippen LogP contribution in [0.5, 0.6) is 0 Å². The molecule has 3 nitrogen and oxygen atoms in total. The Labute approximate surface area is 82.1 Å². The van der Waals surface area contributed by atoms with E-state index in [0.717, 1.165) is 18.7 Å². The molecule has 0 aliphatic carbocycles. The van der Waals surface area contributed by atoms with Crippen LogP contribution in [-0.2, 0) is 13.1 Å². The minimum atomic E-state index is -2.29. The number of alkyl halides is 2. The Hall–Kier alpha value is -0.970. The molecule has 1 rings (SSSR count). The smallest absolute Gasteiger partial charge is 0.250 e. The van der Waals surface area contributed by atoms with Crippen LogP contribution < -0.4 is 5.32 Å². The average molecular weight is 203 g/mol. The first-order valence-corrected chi connectivity index (χ1v) is 4.73. The SMILES string of the molecule is CCCn1nccc1CNCC(F)F. The summed E-state index contributed by atoms with van der Waals surface area (Å²) < 4.78 is 25.5. The predicted molar refractivity (Wildman–Crippen MR) is 50.2 cm³/mol. The molecular formula is C9H15F2N3. The molecule has 80 valence electrons. The van der Waals surface area contributed by atoms with E-state index < -0.39 is 6.43 Å². The number of nitrogens with zero attached hydrogens (tertiary/aromatic N) is 2. The number of aromatic nitrogens is 2. The van der Waals surface area contributed by atoms with Crippen LogP contribution in [0.25, 0.3) is 0 Å².